The first kappa shape index (κ1) is 14.2. The lowest BCUT2D eigenvalue weighted by molar-refractivity contribution is 0.558. The van der Waals surface area contributed by atoms with E-state index < -0.39 is 22.9 Å². The highest BCUT2D eigenvalue weighted by Gasteiger charge is 2.07. The molecule has 1 aromatic heterocycles. The minimum Gasteiger partial charge on any atom is -0.300 e. The van der Waals surface area contributed by atoms with Crippen LogP contribution < -0.4 is 11.2 Å². The minimum absolute atomic E-state index is 0.156. The van der Waals surface area contributed by atoms with Crippen molar-refractivity contribution in [2.45, 2.75) is 26.4 Å². The number of nitrogens with zero attached hydrogens (tertiary/aromatic N) is 2. The molecule has 6 heteroatoms. The number of rotatable bonds is 4. The molecule has 106 valence electrons. The molecule has 0 fully saturated rings. The van der Waals surface area contributed by atoms with Crippen LogP contribution in [-0.2, 0) is 13.1 Å². The zero-order valence-electron chi connectivity index (χ0n) is 11.0. The van der Waals surface area contributed by atoms with Gasteiger partial charge in [-0.3, -0.25) is 9.36 Å². The Hall–Kier alpha value is -2.24. The molecule has 0 amide bonds. The normalized spacial score (nSPS) is 10.8. The monoisotopic (exact) mass is 280 g/mol. The Labute approximate surface area is 113 Å². The van der Waals surface area contributed by atoms with Crippen molar-refractivity contribution in [3.05, 3.63) is 68.5 Å². The van der Waals surface area contributed by atoms with Gasteiger partial charge in [-0.05, 0) is 24.1 Å². The Morgan fingerprint density at radius 3 is 2.35 bits per heavy atom. The molecule has 0 saturated heterocycles. The van der Waals surface area contributed by atoms with E-state index in [1.54, 1.807) is 0 Å². The molecule has 0 bridgehead atoms. The zero-order chi connectivity index (χ0) is 14.7. The van der Waals surface area contributed by atoms with Crippen molar-refractivity contribution in [3.8, 4) is 0 Å². The fourth-order valence-electron chi connectivity index (χ4n) is 2.00. The van der Waals surface area contributed by atoms with Gasteiger partial charge in [0.15, 0.2) is 0 Å². The summed E-state index contributed by atoms with van der Waals surface area (Å²) in [6, 6.07) is 4.22. The van der Waals surface area contributed by atoms with Gasteiger partial charge in [0.05, 0.1) is 6.54 Å². The first-order chi connectivity index (χ1) is 9.51. The summed E-state index contributed by atoms with van der Waals surface area (Å²) in [5.74, 6) is -1.48. The second-order valence-electron chi connectivity index (χ2n) is 4.49. The third kappa shape index (κ3) is 3.01. The maximum atomic E-state index is 13.1. The van der Waals surface area contributed by atoms with E-state index in [4.69, 9.17) is 0 Å². The van der Waals surface area contributed by atoms with Gasteiger partial charge in [0.1, 0.15) is 11.6 Å². The molecule has 1 aromatic carbocycles. The zero-order valence-corrected chi connectivity index (χ0v) is 11.0. The van der Waals surface area contributed by atoms with Crippen molar-refractivity contribution >= 4 is 0 Å². The molecule has 0 aliphatic carbocycles. The topological polar surface area (TPSA) is 44.0 Å². The Morgan fingerprint density at radius 1 is 1.10 bits per heavy atom. The lowest BCUT2D eigenvalue weighted by atomic mass is 10.2. The maximum absolute atomic E-state index is 13.1. The molecule has 1 heterocycles. The first-order valence-electron chi connectivity index (χ1n) is 6.26. The average molecular weight is 280 g/mol. The van der Waals surface area contributed by atoms with Gasteiger partial charge in [-0.15, -0.1) is 0 Å². The van der Waals surface area contributed by atoms with Crippen molar-refractivity contribution in [2.75, 3.05) is 0 Å². The lowest BCUT2D eigenvalue weighted by Crippen LogP contribution is -2.39. The van der Waals surface area contributed by atoms with Gasteiger partial charge in [0.25, 0.3) is 5.56 Å². The fraction of sp³-hybridized carbons (Fsp3) is 0.286. The van der Waals surface area contributed by atoms with E-state index in [-0.39, 0.29) is 12.1 Å². The van der Waals surface area contributed by atoms with E-state index in [9.17, 15) is 18.4 Å². The Morgan fingerprint density at radius 2 is 1.75 bits per heavy atom. The second kappa shape index (κ2) is 5.81. The second-order valence-corrected chi connectivity index (χ2v) is 4.49. The lowest BCUT2D eigenvalue weighted by Gasteiger charge is -2.09. The Balaban J connectivity index is 2.45. The SMILES string of the molecule is CCCn1ccc(=O)n(Cc2cc(F)cc(F)c2)c1=O. The molecule has 2 rings (SSSR count). The van der Waals surface area contributed by atoms with Crippen LogP contribution in [0, 0.1) is 11.6 Å². The average Bonchev–Trinajstić information content (AvgIpc) is 2.37. The van der Waals surface area contributed by atoms with E-state index in [0.29, 0.717) is 6.54 Å². The molecule has 0 aliphatic rings. The third-order valence-corrected chi connectivity index (χ3v) is 2.87. The van der Waals surface area contributed by atoms with E-state index in [1.165, 1.54) is 16.8 Å². The number of aryl methyl sites for hydroxylation is 1. The van der Waals surface area contributed by atoms with Crippen LogP contribution in [0.5, 0.6) is 0 Å². The van der Waals surface area contributed by atoms with Crippen LogP contribution in [-0.4, -0.2) is 9.13 Å². The van der Waals surface area contributed by atoms with Gasteiger partial charge < -0.3 is 4.57 Å². The quantitative estimate of drug-likeness (QED) is 0.856. The fourth-order valence-corrected chi connectivity index (χ4v) is 2.00. The minimum atomic E-state index is -0.738. The van der Waals surface area contributed by atoms with Crippen LogP contribution in [0.25, 0.3) is 0 Å². The van der Waals surface area contributed by atoms with Gasteiger partial charge in [0.2, 0.25) is 0 Å². The number of hydrogen-bond donors (Lipinski definition) is 0. The number of benzene rings is 1. The summed E-state index contributed by atoms with van der Waals surface area (Å²) in [5, 5.41) is 0. The third-order valence-electron chi connectivity index (χ3n) is 2.87. The number of hydrogen-bond acceptors (Lipinski definition) is 2. The van der Waals surface area contributed by atoms with Crippen LogP contribution in [0.15, 0.2) is 40.1 Å². The van der Waals surface area contributed by atoms with Crippen LogP contribution in [0.4, 0.5) is 8.78 Å². The van der Waals surface area contributed by atoms with Crippen LogP contribution >= 0.6 is 0 Å². The number of halogens is 2. The van der Waals surface area contributed by atoms with Gasteiger partial charge >= 0.3 is 5.69 Å². The predicted octanol–water partition coefficient (Wildman–Crippen LogP) is 1.75. The van der Waals surface area contributed by atoms with Gasteiger partial charge in [-0.2, -0.15) is 0 Å². The largest absolute Gasteiger partial charge is 0.331 e. The molecule has 0 spiro atoms. The molecule has 0 aliphatic heterocycles. The predicted molar refractivity (Wildman–Crippen MR) is 70.7 cm³/mol. The molecule has 0 N–H and O–H groups in total. The van der Waals surface area contributed by atoms with E-state index in [2.05, 4.69) is 0 Å². The summed E-state index contributed by atoms with van der Waals surface area (Å²) in [6.45, 7) is 2.23. The maximum Gasteiger partial charge on any atom is 0.331 e. The van der Waals surface area contributed by atoms with Crippen molar-refractivity contribution < 1.29 is 8.78 Å². The molecule has 2 aromatic rings. The number of aromatic nitrogens is 2. The molecule has 0 radical (unpaired) electrons. The van der Waals surface area contributed by atoms with E-state index >= 15 is 0 Å². The van der Waals surface area contributed by atoms with E-state index in [1.807, 2.05) is 6.92 Å². The van der Waals surface area contributed by atoms with E-state index in [0.717, 1.165) is 29.2 Å². The van der Waals surface area contributed by atoms with Gasteiger partial charge in [-0.1, -0.05) is 6.92 Å². The first-order valence-corrected chi connectivity index (χ1v) is 6.26. The Kier molecular flexibility index (Phi) is 4.12. The van der Waals surface area contributed by atoms with Crippen molar-refractivity contribution in [2.24, 2.45) is 0 Å². The van der Waals surface area contributed by atoms with Crippen LogP contribution in [0.3, 0.4) is 0 Å². The smallest absolute Gasteiger partial charge is 0.300 e. The highest BCUT2D eigenvalue weighted by atomic mass is 19.1. The summed E-state index contributed by atoms with van der Waals surface area (Å²) in [6.07, 6.45) is 2.17. The molecular formula is C14H14F2N2O2. The highest BCUT2D eigenvalue weighted by Crippen LogP contribution is 2.08. The Bertz CT molecular complexity index is 714. The summed E-state index contributed by atoms with van der Waals surface area (Å²) < 4.78 is 28.6. The summed E-state index contributed by atoms with van der Waals surface area (Å²) in [5.41, 5.74) is -0.744. The van der Waals surface area contributed by atoms with Crippen LogP contribution in [0.1, 0.15) is 18.9 Å². The molecule has 0 atom stereocenters. The summed E-state index contributed by atoms with van der Waals surface area (Å²) >= 11 is 0. The van der Waals surface area contributed by atoms with Gasteiger partial charge in [0, 0.05) is 24.9 Å². The molecule has 0 unspecified atom stereocenters. The summed E-state index contributed by atoms with van der Waals surface area (Å²) in [4.78, 5) is 23.8. The molecular weight excluding hydrogens is 266 g/mol. The summed E-state index contributed by atoms with van der Waals surface area (Å²) in [7, 11) is 0. The molecule has 20 heavy (non-hydrogen) atoms. The standard InChI is InChI=1S/C14H14F2N2O2/c1-2-4-17-5-3-13(19)18(14(17)20)9-10-6-11(15)8-12(16)7-10/h3,5-8H,2,4,9H2,1H3. The van der Waals surface area contributed by atoms with Crippen molar-refractivity contribution in [1.29, 1.82) is 0 Å². The van der Waals surface area contributed by atoms with Crippen molar-refractivity contribution in [1.82, 2.24) is 9.13 Å². The molecule has 4 nitrogen and oxygen atoms in total. The van der Waals surface area contributed by atoms with Crippen molar-refractivity contribution in [3.63, 3.8) is 0 Å². The van der Waals surface area contributed by atoms with Gasteiger partial charge in [-0.25, -0.2) is 13.6 Å². The molecule has 0 saturated carbocycles. The highest BCUT2D eigenvalue weighted by molar-refractivity contribution is 5.18. The van der Waals surface area contributed by atoms with Crippen LogP contribution in [0.2, 0.25) is 0 Å².